The lowest BCUT2D eigenvalue weighted by molar-refractivity contribution is 0.102. The van der Waals surface area contributed by atoms with Gasteiger partial charge in [-0.05, 0) is 42.0 Å². The second-order valence-corrected chi connectivity index (χ2v) is 6.80. The van der Waals surface area contributed by atoms with E-state index in [-0.39, 0.29) is 17.3 Å². The van der Waals surface area contributed by atoms with Crippen LogP contribution in [0.25, 0.3) is 22.2 Å². The molecule has 31 heavy (non-hydrogen) atoms. The van der Waals surface area contributed by atoms with Crippen LogP contribution in [0.2, 0.25) is 0 Å². The number of amides is 1. The highest BCUT2D eigenvalue weighted by atomic mass is 16.1. The fraction of sp³-hybridized carbons (Fsp3) is 0. The summed E-state index contributed by atoms with van der Waals surface area (Å²) >= 11 is 0. The number of pyridine rings is 1. The summed E-state index contributed by atoms with van der Waals surface area (Å²) in [6.45, 7) is 0. The number of nitrogens with zero attached hydrogens (tertiary/aromatic N) is 5. The molecule has 5 rings (SSSR count). The highest BCUT2D eigenvalue weighted by Gasteiger charge is 2.24. The maximum atomic E-state index is 13.1. The molecule has 0 saturated carbocycles. The Morgan fingerprint density at radius 3 is 2.35 bits per heavy atom. The Labute approximate surface area is 177 Å². The molecule has 5 aromatic rings. The molecule has 0 unspecified atom stereocenters. The number of aromatic nitrogens is 4. The van der Waals surface area contributed by atoms with Crippen LogP contribution < -0.4 is 11.1 Å². The van der Waals surface area contributed by atoms with Crippen molar-refractivity contribution in [3.05, 3.63) is 90.3 Å². The Bertz CT molecular complexity index is 1430. The van der Waals surface area contributed by atoms with Crippen LogP contribution in [-0.2, 0) is 0 Å². The summed E-state index contributed by atoms with van der Waals surface area (Å²) in [6.07, 6.45) is 4.97. The minimum Gasteiger partial charge on any atom is -0.383 e. The Kier molecular flexibility index (Phi) is 4.57. The van der Waals surface area contributed by atoms with Crippen molar-refractivity contribution < 1.29 is 4.79 Å². The third-order valence-corrected chi connectivity index (χ3v) is 4.76. The number of rotatable bonds is 4. The summed E-state index contributed by atoms with van der Waals surface area (Å²) in [5, 5.41) is 7.34. The zero-order valence-corrected chi connectivity index (χ0v) is 16.3. The Hall–Kier alpha value is -4.59. The summed E-state index contributed by atoms with van der Waals surface area (Å²) < 4.78 is 1.44. The van der Waals surface area contributed by atoms with Gasteiger partial charge in [-0.25, -0.2) is 9.97 Å². The minimum atomic E-state index is -0.379. The number of nitrogen functional groups attached to an aromatic ring is 1. The highest BCUT2D eigenvalue weighted by Crippen LogP contribution is 2.28. The molecule has 1 amide bonds. The third-order valence-electron chi connectivity index (χ3n) is 4.76. The standard InChI is InChI=1S/C23H17N7O/c24-21-19(23(31)27-16-6-2-1-3-7-16)20-22(29-18-9-5-4-8-17(18)28-20)30(21)26-14-15-10-12-25-13-11-15/h1-14H,24H2,(H,27,31)/b26-14+. The summed E-state index contributed by atoms with van der Waals surface area (Å²) in [5.74, 6) is -0.222. The number of nitrogens with one attached hydrogen (secondary N) is 1. The molecule has 0 aliphatic heterocycles. The van der Waals surface area contributed by atoms with Gasteiger partial charge in [0.2, 0.25) is 0 Å². The van der Waals surface area contributed by atoms with E-state index in [0.717, 1.165) is 5.56 Å². The van der Waals surface area contributed by atoms with Crippen molar-refractivity contribution in [2.24, 2.45) is 5.10 Å². The molecule has 0 bridgehead atoms. The first kappa shape index (κ1) is 18.4. The molecule has 3 aromatic heterocycles. The third kappa shape index (κ3) is 3.46. The topological polar surface area (TPSA) is 111 Å². The van der Waals surface area contributed by atoms with E-state index in [1.165, 1.54) is 4.68 Å². The number of fused-ring (bicyclic) bond motifs is 2. The Balaban J connectivity index is 1.68. The Morgan fingerprint density at radius 1 is 0.935 bits per heavy atom. The highest BCUT2D eigenvalue weighted by molar-refractivity contribution is 6.16. The SMILES string of the molecule is Nc1c(C(=O)Nc2ccccc2)c2nc3ccccc3nc2n1/N=C/c1ccncc1. The molecule has 0 saturated heterocycles. The number of nitrogens with two attached hydrogens (primary N) is 1. The van der Waals surface area contributed by atoms with Crippen LogP contribution in [0.1, 0.15) is 15.9 Å². The second kappa shape index (κ2) is 7.68. The number of hydrogen-bond donors (Lipinski definition) is 2. The molecule has 0 aliphatic carbocycles. The van der Waals surface area contributed by atoms with Crippen LogP contribution in [0.15, 0.2) is 84.2 Å². The average molecular weight is 407 g/mol. The quantitative estimate of drug-likeness (QED) is 0.441. The fourth-order valence-electron chi connectivity index (χ4n) is 3.28. The molecule has 2 aromatic carbocycles. The molecule has 0 radical (unpaired) electrons. The van der Waals surface area contributed by atoms with Crippen molar-refractivity contribution >= 4 is 45.8 Å². The maximum Gasteiger partial charge on any atom is 0.261 e. The minimum absolute atomic E-state index is 0.157. The molecule has 3 N–H and O–H groups in total. The Morgan fingerprint density at radius 2 is 1.61 bits per heavy atom. The van der Waals surface area contributed by atoms with Crippen LogP contribution in [-0.4, -0.2) is 31.7 Å². The fourth-order valence-corrected chi connectivity index (χ4v) is 3.28. The number of carbonyl (C=O) groups is 1. The van der Waals surface area contributed by atoms with Crippen molar-refractivity contribution in [3.8, 4) is 0 Å². The first-order chi connectivity index (χ1) is 15.2. The van der Waals surface area contributed by atoms with Gasteiger partial charge in [-0.15, -0.1) is 0 Å². The zero-order chi connectivity index (χ0) is 21.2. The summed E-state index contributed by atoms with van der Waals surface area (Å²) in [5.41, 5.74) is 10.2. The van der Waals surface area contributed by atoms with Gasteiger partial charge >= 0.3 is 0 Å². The molecule has 3 heterocycles. The van der Waals surface area contributed by atoms with E-state index in [0.29, 0.717) is 27.9 Å². The molecule has 150 valence electrons. The lowest BCUT2D eigenvalue weighted by atomic mass is 10.2. The van der Waals surface area contributed by atoms with Gasteiger partial charge < -0.3 is 11.1 Å². The zero-order valence-electron chi connectivity index (χ0n) is 16.3. The van der Waals surface area contributed by atoms with Crippen molar-refractivity contribution in [2.45, 2.75) is 0 Å². The summed E-state index contributed by atoms with van der Waals surface area (Å²) in [7, 11) is 0. The van der Waals surface area contributed by atoms with Crippen LogP contribution in [0.5, 0.6) is 0 Å². The van der Waals surface area contributed by atoms with Crippen molar-refractivity contribution in [1.82, 2.24) is 19.6 Å². The average Bonchev–Trinajstić information content (AvgIpc) is 3.07. The van der Waals surface area contributed by atoms with Gasteiger partial charge in [-0.1, -0.05) is 30.3 Å². The molecule has 0 aliphatic rings. The lowest BCUT2D eigenvalue weighted by Gasteiger charge is -2.05. The lowest BCUT2D eigenvalue weighted by Crippen LogP contribution is -2.14. The monoisotopic (exact) mass is 407 g/mol. The van der Waals surface area contributed by atoms with Gasteiger partial charge in [0.25, 0.3) is 5.91 Å². The summed E-state index contributed by atoms with van der Waals surface area (Å²) in [6, 6.07) is 20.2. The molecular weight excluding hydrogens is 390 g/mol. The van der Waals surface area contributed by atoms with E-state index in [2.05, 4.69) is 25.4 Å². The number of benzene rings is 2. The van der Waals surface area contributed by atoms with E-state index < -0.39 is 0 Å². The van der Waals surface area contributed by atoms with E-state index >= 15 is 0 Å². The van der Waals surface area contributed by atoms with Crippen LogP contribution in [0, 0.1) is 0 Å². The van der Waals surface area contributed by atoms with Gasteiger partial charge in [0.15, 0.2) is 5.65 Å². The van der Waals surface area contributed by atoms with Crippen LogP contribution in [0.3, 0.4) is 0 Å². The van der Waals surface area contributed by atoms with Gasteiger partial charge in [0, 0.05) is 18.1 Å². The predicted octanol–water partition coefficient (Wildman–Crippen LogP) is 3.70. The van der Waals surface area contributed by atoms with Crippen LogP contribution in [0.4, 0.5) is 11.5 Å². The molecular formula is C23H17N7O. The smallest absolute Gasteiger partial charge is 0.261 e. The van der Waals surface area contributed by atoms with E-state index in [1.807, 2.05) is 54.6 Å². The number of hydrogen-bond acceptors (Lipinski definition) is 6. The molecule has 8 nitrogen and oxygen atoms in total. The van der Waals surface area contributed by atoms with E-state index in [1.54, 1.807) is 30.7 Å². The van der Waals surface area contributed by atoms with Crippen molar-refractivity contribution in [3.63, 3.8) is 0 Å². The summed E-state index contributed by atoms with van der Waals surface area (Å²) in [4.78, 5) is 26.5. The first-order valence-corrected chi connectivity index (χ1v) is 9.58. The number of para-hydroxylation sites is 3. The van der Waals surface area contributed by atoms with Crippen molar-refractivity contribution in [1.29, 1.82) is 0 Å². The van der Waals surface area contributed by atoms with Gasteiger partial charge in [0.1, 0.15) is 16.9 Å². The molecule has 0 spiro atoms. The van der Waals surface area contributed by atoms with Gasteiger partial charge in [-0.2, -0.15) is 9.78 Å². The predicted molar refractivity (Wildman–Crippen MR) is 121 cm³/mol. The van der Waals surface area contributed by atoms with Crippen LogP contribution >= 0.6 is 0 Å². The van der Waals surface area contributed by atoms with Gasteiger partial charge in [0.05, 0.1) is 17.2 Å². The molecule has 0 atom stereocenters. The van der Waals surface area contributed by atoms with E-state index in [4.69, 9.17) is 5.73 Å². The molecule has 8 heteroatoms. The van der Waals surface area contributed by atoms with E-state index in [9.17, 15) is 4.79 Å². The van der Waals surface area contributed by atoms with Crippen molar-refractivity contribution in [2.75, 3.05) is 11.1 Å². The molecule has 0 fully saturated rings. The largest absolute Gasteiger partial charge is 0.383 e. The van der Waals surface area contributed by atoms with Gasteiger partial charge in [-0.3, -0.25) is 9.78 Å². The second-order valence-electron chi connectivity index (χ2n) is 6.80. The number of carbonyl (C=O) groups excluding carboxylic acids is 1. The normalized spacial score (nSPS) is 11.4. The first-order valence-electron chi connectivity index (χ1n) is 9.58. The maximum absolute atomic E-state index is 13.1. The number of anilines is 2.